The lowest BCUT2D eigenvalue weighted by Crippen LogP contribution is -2.35. The summed E-state index contributed by atoms with van der Waals surface area (Å²) >= 11 is 12.2. The second kappa shape index (κ2) is 6.65. The van der Waals surface area contributed by atoms with Gasteiger partial charge in [-0.15, -0.1) is 0 Å². The van der Waals surface area contributed by atoms with Crippen LogP contribution >= 0.6 is 23.2 Å². The van der Waals surface area contributed by atoms with Gasteiger partial charge >= 0.3 is 0 Å². The van der Waals surface area contributed by atoms with Crippen molar-refractivity contribution in [3.63, 3.8) is 0 Å². The van der Waals surface area contributed by atoms with Gasteiger partial charge in [0.2, 0.25) is 0 Å². The SMILES string of the molecule is CC(C)N1CCCC(O)(Cc2cc(Cl)ccc2Cl)CC1. The Morgan fingerprint density at radius 1 is 1.25 bits per heavy atom. The maximum Gasteiger partial charge on any atom is 0.0701 e. The summed E-state index contributed by atoms with van der Waals surface area (Å²) in [6.07, 6.45) is 3.21. The lowest BCUT2D eigenvalue weighted by Gasteiger charge is -2.28. The van der Waals surface area contributed by atoms with Gasteiger partial charge in [0.05, 0.1) is 5.60 Å². The highest BCUT2D eigenvalue weighted by atomic mass is 35.5. The Labute approximate surface area is 131 Å². The van der Waals surface area contributed by atoms with Gasteiger partial charge in [0, 0.05) is 29.1 Å². The fourth-order valence-corrected chi connectivity index (χ4v) is 3.31. The summed E-state index contributed by atoms with van der Waals surface area (Å²) in [7, 11) is 0. The Kier molecular flexibility index (Phi) is 5.36. The van der Waals surface area contributed by atoms with Crippen molar-refractivity contribution in [2.75, 3.05) is 13.1 Å². The van der Waals surface area contributed by atoms with Crippen LogP contribution in [0.5, 0.6) is 0 Å². The Hall–Kier alpha value is -0.280. The Morgan fingerprint density at radius 3 is 2.70 bits per heavy atom. The van der Waals surface area contributed by atoms with E-state index in [9.17, 15) is 5.11 Å². The molecule has 1 aliphatic heterocycles. The van der Waals surface area contributed by atoms with Crippen LogP contribution in [0.1, 0.15) is 38.7 Å². The average Bonchev–Trinajstić information content (AvgIpc) is 2.56. The van der Waals surface area contributed by atoms with Crippen molar-refractivity contribution in [1.82, 2.24) is 4.90 Å². The molecule has 1 unspecified atom stereocenters. The molecule has 2 nitrogen and oxygen atoms in total. The molecule has 4 heteroatoms. The van der Waals surface area contributed by atoms with E-state index in [-0.39, 0.29) is 0 Å². The Balaban J connectivity index is 2.09. The van der Waals surface area contributed by atoms with E-state index in [0.29, 0.717) is 22.5 Å². The average molecular weight is 316 g/mol. The molecule has 0 saturated carbocycles. The third kappa shape index (κ3) is 4.11. The monoisotopic (exact) mass is 315 g/mol. The molecule has 1 atom stereocenters. The molecule has 1 aliphatic rings. The largest absolute Gasteiger partial charge is 0.389 e. The predicted octanol–water partition coefficient (Wildman–Crippen LogP) is 4.16. The Bertz CT molecular complexity index is 464. The van der Waals surface area contributed by atoms with Gasteiger partial charge in [-0.3, -0.25) is 0 Å². The number of benzene rings is 1. The first kappa shape index (κ1) is 16.1. The molecule has 0 bridgehead atoms. The van der Waals surface area contributed by atoms with Gasteiger partial charge in [-0.25, -0.2) is 0 Å². The molecule has 0 spiro atoms. The summed E-state index contributed by atoms with van der Waals surface area (Å²) in [6.45, 7) is 6.41. The fourth-order valence-electron chi connectivity index (χ4n) is 2.93. The lowest BCUT2D eigenvalue weighted by atomic mass is 9.88. The molecule has 0 radical (unpaired) electrons. The molecule has 0 aliphatic carbocycles. The van der Waals surface area contributed by atoms with Crippen LogP contribution in [0.15, 0.2) is 18.2 Å². The molecule has 1 fully saturated rings. The van der Waals surface area contributed by atoms with Crippen LogP contribution in [0.3, 0.4) is 0 Å². The van der Waals surface area contributed by atoms with Crippen molar-refractivity contribution in [3.05, 3.63) is 33.8 Å². The normalized spacial score (nSPS) is 24.9. The van der Waals surface area contributed by atoms with Gasteiger partial charge in [-0.05, 0) is 63.4 Å². The number of nitrogens with zero attached hydrogens (tertiary/aromatic N) is 1. The number of halogens is 2. The molecule has 1 heterocycles. The summed E-state index contributed by atoms with van der Waals surface area (Å²) in [6, 6.07) is 5.99. The quantitative estimate of drug-likeness (QED) is 0.905. The molecule has 0 aromatic heterocycles. The van der Waals surface area contributed by atoms with Crippen LogP contribution in [-0.2, 0) is 6.42 Å². The number of hydrogen-bond acceptors (Lipinski definition) is 2. The smallest absolute Gasteiger partial charge is 0.0701 e. The second-order valence-corrected chi connectivity index (χ2v) is 6.96. The van der Waals surface area contributed by atoms with Gasteiger partial charge in [0.25, 0.3) is 0 Å². The van der Waals surface area contributed by atoms with Crippen molar-refractivity contribution >= 4 is 23.2 Å². The highest BCUT2D eigenvalue weighted by Crippen LogP contribution is 2.31. The van der Waals surface area contributed by atoms with Gasteiger partial charge < -0.3 is 10.0 Å². The van der Waals surface area contributed by atoms with Crippen molar-refractivity contribution in [1.29, 1.82) is 0 Å². The Morgan fingerprint density at radius 2 is 2.00 bits per heavy atom. The highest BCUT2D eigenvalue weighted by Gasteiger charge is 2.31. The molecule has 2 rings (SSSR count). The third-order valence-corrected chi connectivity index (χ3v) is 4.81. The van der Waals surface area contributed by atoms with E-state index in [1.807, 2.05) is 6.07 Å². The van der Waals surface area contributed by atoms with Crippen molar-refractivity contribution in [2.24, 2.45) is 0 Å². The van der Waals surface area contributed by atoms with Crippen molar-refractivity contribution in [2.45, 2.75) is 51.2 Å². The fraction of sp³-hybridized carbons (Fsp3) is 0.625. The zero-order valence-electron chi connectivity index (χ0n) is 12.2. The number of likely N-dealkylation sites (tertiary alicyclic amines) is 1. The minimum Gasteiger partial charge on any atom is -0.389 e. The maximum atomic E-state index is 10.9. The van der Waals surface area contributed by atoms with E-state index in [1.165, 1.54) is 0 Å². The molecule has 112 valence electrons. The van der Waals surface area contributed by atoms with Crippen molar-refractivity contribution in [3.8, 4) is 0 Å². The van der Waals surface area contributed by atoms with E-state index in [1.54, 1.807) is 12.1 Å². The molecule has 1 saturated heterocycles. The van der Waals surface area contributed by atoms with Crippen LogP contribution in [0, 0.1) is 0 Å². The minimum atomic E-state index is -0.669. The first-order chi connectivity index (χ1) is 9.39. The van der Waals surface area contributed by atoms with Crippen molar-refractivity contribution < 1.29 is 5.11 Å². The summed E-state index contributed by atoms with van der Waals surface area (Å²) in [5, 5.41) is 12.3. The molecule has 1 aromatic carbocycles. The van der Waals surface area contributed by atoms with Crippen LogP contribution in [0.25, 0.3) is 0 Å². The maximum absolute atomic E-state index is 10.9. The van der Waals surface area contributed by atoms with E-state index in [2.05, 4.69) is 18.7 Å². The zero-order chi connectivity index (χ0) is 14.8. The molecular weight excluding hydrogens is 293 g/mol. The molecule has 20 heavy (non-hydrogen) atoms. The van der Waals surface area contributed by atoms with Gasteiger partial charge in [-0.1, -0.05) is 23.2 Å². The lowest BCUT2D eigenvalue weighted by molar-refractivity contribution is 0.0249. The second-order valence-electron chi connectivity index (χ2n) is 6.12. The molecule has 0 amide bonds. The standard InChI is InChI=1S/C16H23Cl2NO/c1-12(2)19-8-3-6-16(20,7-9-19)11-13-10-14(17)4-5-15(13)18/h4-5,10,12,20H,3,6-9,11H2,1-2H3. The van der Waals surface area contributed by atoms with E-state index in [4.69, 9.17) is 23.2 Å². The van der Waals surface area contributed by atoms with Gasteiger partial charge in [-0.2, -0.15) is 0 Å². The van der Waals surface area contributed by atoms with E-state index in [0.717, 1.165) is 37.9 Å². The topological polar surface area (TPSA) is 23.5 Å². The summed E-state index contributed by atoms with van der Waals surface area (Å²) in [5.41, 5.74) is 0.275. The van der Waals surface area contributed by atoms with Crippen LogP contribution < -0.4 is 0 Å². The zero-order valence-corrected chi connectivity index (χ0v) is 13.7. The van der Waals surface area contributed by atoms with E-state index >= 15 is 0 Å². The highest BCUT2D eigenvalue weighted by molar-refractivity contribution is 6.33. The summed E-state index contributed by atoms with van der Waals surface area (Å²) in [4.78, 5) is 2.43. The summed E-state index contributed by atoms with van der Waals surface area (Å²) < 4.78 is 0. The van der Waals surface area contributed by atoms with Gasteiger partial charge in [0.1, 0.15) is 0 Å². The first-order valence-corrected chi connectivity index (χ1v) is 8.06. The van der Waals surface area contributed by atoms with Crippen LogP contribution in [0.2, 0.25) is 10.0 Å². The first-order valence-electron chi connectivity index (χ1n) is 7.30. The predicted molar refractivity (Wildman–Crippen MR) is 85.7 cm³/mol. The van der Waals surface area contributed by atoms with Crippen LogP contribution in [0.4, 0.5) is 0 Å². The van der Waals surface area contributed by atoms with Crippen LogP contribution in [-0.4, -0.2) is 34.7 Å². The number of hydrogen-bond donors (Lipinski definition) is 1. The number of aliphatic hydroxyl groups is 1. The van der Waals surface area contributed by atoms with E-state index < -0.39 is 5.60 Å². The number of rotatable bonds is 3. The summed E-state index contributed by atoms with van der Waals surface area (Å²) in [5.74, 6) is 0. The minimum absolute atomic E-state index is 0.534. The molecule has 1 N–H and O–H groups in total. The molecular formula is C16H23Cl2NO. The van der Waals surface area contributed by atoms with Gasteiger partial charge in [0.15, 0.2) is 0 Å². The molecule has 1 aromatic rings. The third-order valence-electron chi connectivity index (χ3n) is 4.21.